The first-order chi connectivity index (χ1) is 28.2. The fourth-order valence-corrected chi connectivity index (χ4v) is 9.52. The maximum absolute atomic E-state index is 5.30. The van der Waals surface area contributed by atoms with E-state index in [1.807, 2.05) is 35.6 Å². The van der Waals surface area contributed by atoms with Gasteiger partial charge in [-0.15, -0.1) is 11.3 Å². The van der Waals surface area contributed by atoms with Crippen molar-refractivity contribution in [1.82, 2.24) is 9.97 Å². The zero-order valence-corrected chi connectivity index (χ0v) is 31.7. The van der Waals surface area contributed by atoms with Crippen LogP contribution in [0.5, 0.6) is 0 Å². The monoisotopic (exact) mass is 742 g/mol. The van der Waals surface area contributed by atoms with Gasteiger partial charge in [0.2, 0.25) is 0 Å². The van der Waals surface area contributed by atoms with Crippen molar-refractivity contribution in [1.29, 1.82) is 0 Å². The highest BCUT2D eigenvalue weighted by Crippen LogP contribution is 2.44. The fourth-order valence-electron chi connectivity index (χ4n) is 8.29. The number of hydrogen-bond acceptors (Lipinski definition) is 3. The summed E-state index contributed by atoms with van der Waals surface area (Å²) in [5.41, 5.74) is 11.9. The SMILES string of the molecule is c1ccc(-c2cc(-c3cc(-c4ccccc4-c4ccc5ccc6ccccc6c5c4)cc(-c4cccc5c4sc4ccccc45)c3)nc(-c3ccccc3)n2)cc1. The van der Waals surface area contributed by atoms with Gasteiger partial charge in [0.15, 0.2) is 5.82 Å². The van der Waals surface area contributed by atoms with Gasteiger partial charge in [0, 0.05) is 36.9 Å². The van der Waals surface area contributed by atoms with E-state index in [0.29, 0.717) is 5.82 Å². The smallest absolute Gasteiger partial charge is 0.160 e. The Balaban J connectivity index is 1.17. The molecule has 0 aliphatic carbocycles. The van der Waals surface area contributed by atoms with E-state index in [-0.39, 0.29) is 0 Å². The van der Waals surface area contributed by atoms with Crippen molar-refractivity contribution >= 4 is 53.1 Å². The van der Waals surface area contributed by atoms with Crippen molar-refractivity contribution in [3.8, 4) is 67.3 Å². The molecule has 0 bridgehead atoms. The third kappa shape index (κ3) is 5.97. The Kier molecular flexibility index (Phi) is 8.04. The van der Waals surface area contributed by atoms with E-state index in [4.69, 9.17) is 9.97 Å². The molecule has 2 aromatic heterocycles. The molecule has 11 rings (SSSR count). The third-order valence-electron chi connectivity index (χ3n) is 11.1. The summed E-state index contributed by atoms with van der Waals surface area (Å²) in [5.74, 6) is 0.703. The Morgan fingerprint density at radius 2 is 0.842 bits per heavy atom. The van der Waals surface area contributed by atoms with Crippen molar-refractivity contribution < 1.29 is 0 Å². The van der Waals surface area contributed by atoms with Crippen LogP contribution >= 0.6 is 11.3 Å². The minimum absolute atomic E-state index is 0.703. The van der Waals surface area contributed by atoms with Crippen LogP contribution in [0.15, 0.2) is 206 Å². The highest BCUT2D eigenvalue weighted by molar-refractivity contribution is 7.26. The number of fused-ring (bicyclic) bond motifs is 6. The number of hydrogen-bond donors (Lipinski definition) is 0. The highest BCUT2D eigenvalue weighted by atomic mass is 32.1. The molecule has 0 unspecified atom stereocenters. The zero-order valence-electron chi connectivity index (χ0n) is 30.9. The molecule has 0 radical (unpaired) electrons. The zero-order chi connectivity index (χ0) is 37.7. The lowest BCUT2D eigenvalue weighted by molar-refractivity contribution is 1.18. The number of benzene rings is 9. The van der Waals surface area contributed by atoms with Crippen LogP contribution in [0, 0.1) is 0 Å². The maximum Gasteiger partial charge on any atom is 0.160 e. The van der Waals surface area contributed by atoms with Gasteiger partial charge < -0.3 is 0 Å². The molecule has 9 aromatic carbocycles. The average molecular weight is 743 g/mol. The molecule has 0 saturated carbocycles. The standard InChI is InChI=1S/C54H34N2S/c1-3-15-37(16-4-1)50-34-51(56-54(55-50)38-17-5-2-6-18-38)42-31-40(30-41(32-42)46-23-13-24-48-47-22-11-12-25-52(47)57-53(46)48)45-21-10-9-20-44(45)39-29-28-36-27-26-35-14-7-8-19-43(35)49(36)33-39/h1-34H. The van der Waals surface area contributed by atoms with Gasteiger partial charge in [0.25, 0.3) is 0 Å². The van der Waals surface area contributed by atoms with Crippen LogP contribution in [0.1, 0.15) is 0 Å². The molecule has 266 valence electrons. The van der Waals surface area contributed by atoms with Gasteiger partial charge in [-0.3, -0.25) is 0 Å². The summed E-state index contributed by atoms with van der Waals surface area (Å²) in [4.78, 5) is 10.4. The largest absolute Gasteiger partial charge is 0.228 e. The average Bonchev–Trinajstić information content (AvgIpc) is 3.68. The lowest BCUT2D eigenvalue weighted by Gasteiger charge is -2.16. The van der Waals surface area contributed by atoms with Crippen molar-refractivity contribution in [2.75, 3.05) is 0 Å². The Labute approximate surface area is 335 Å². The quantitative estimate of drug-likeness (QED) is 0.159. The van der Waals surface area contributed by atoms with Gasteiger partial charge in [-0.2, -0.15) is 0 Å². The minimum atomic E-state index is 0.703. The molecule has 0 atom stereocenters. The summed E-state index contributed by atoms with van der Waals surface area (Å²) in [6.07, 6.45) is 0. The van der Waals surface area contributed by atoms with Crippen LogP contribution in [0.4, 0.5) is 0 Å². The van der Waals surface area contributed by atoms with E-state index in [1.165, 1.54) is 64.0 Å². The summed E-state index contributed by atoms with van der Waals surface area (Å²) >= 11 is 1.86. The van der Waals surface area contributed by atoms with E-state index in [9.17, 15) is 0 Å². The van der Waals surface area contributed by atoms with E-state index in [2.05, 4.69) is 182 Å². The van der Waals surface area contributed by atoms with Gasteiger partial charge in [-0.05, 0) is 91.3 Å². The molecule has 0 saturated heterocycles. The van der Waals surface area contributed by atoms with Crippen molar-refractivity contribution in [2.45, 2.75) is 0 Å². The lowest BCUT2D eigenvalue weighted by Crippen LogP contribution is -1.96. The molecule has 3 heteroatoms. The maximum atomic E-state index is 5.30. The van der Waals surface area contributed by atoms with Gasteiger partial charge >= 0.3 is 0 Å². The second-order valence-electron chi connectivity index (χ2n) is 14.5. The van der Waals surface area contributed by atoms with Gasteiger partial charge in [0.05, 0.1) is 11.4 Å². The topological polar surface area (TPSA) is 25.8 Å². The Morgan fingerprint density at radius 3 is 1.63 bits per heavy atom. The predicted octanol–water partition coefficient (Wildman–Crippen LogP) is 15.2. The second kappa shape index (κ2) is 13.8. The Bertz CT molecular complexity index is 3230. The molecule has 0 N–H and O–H groups in total. The van der Waals surface area contributed by atoms with Crippen molar-refractivity contribution in [3.05, 3.63) is 206 Å². The summed E-state index contributed by atoms with van der Waals surface area (Å²) in [6.45, 7) is 0. The second-order valence-corrected chi connectivity index (χ2v) is 15.6. The van der Waals surface area contributed by atoms with Crippen LogP contribution < -0.4 is 0 Å². The molecule has 2 nitrogen and oxygen atoms in total. The molecule has 0 fully saturated rings. The van der Waals surface area contributed by atoms with E-state index in [0.717, 1.165) is 39.2 Å². The Morgan fingerprint density at radius 1 is 0.298 bits per heavy atom. The van der Waals surface area contributed by atoms with Crippen LogP contribution in [-0.4, -0.2) is 9.97 Å². The third-order valence-corrected chi connectivity index (χ3v) is 12.3. The molecule has 0 aliphatic heterocycles. The number of thiophene rings is 1. The van der Waals surface area contributed by atoms with Crippen LogP contribution in [0.3, 0.4) is 0 Å². The van der Waals surface area contributed by atoms with Crippen molar-refractivity contribution in [2.24, 2.45) is 0 Å². The minimum Gasteiger partial charge on any atom is -0.228 e. The predicted molar refractivity (Wildman–Crippen MR) is 243 cm³/mol. The molecular weight excluding hydrogens is 709 g/mol. The fraction of sp³-hybridized carbons (Fsp3) is 0. The van der Waals surface area contributed by atoms with Crippen LogP contribution in [0.25, 0.3) is 109 Å². The molecule has 0 spiro atoms. The molecule has 57 heavy (non-hydrogen) atoms. The first-order valence-electron chi connectivity index (χ1n) is 19.3. The van der Waals surface area contributed by atoms with Gasteiger partial charge in [-0.25, -0.2) is 9.97 Å². The first-order valence-corrected chi connectivity index (χ1v) is 20.1. The highest BCUT2D eigenvalue weighted by Gasteiger charge is 2.18. The van der Waals surface area contributed by atoms with E-state index in [1.54, 1.807) is 0 Å². The number of aromatic nitrogens is 2. The van der Waals surface area contributed by atoms with E-state index < -0.39 is 0 Å². The summed E-state index contributed by atoms with van der Waals surface area (Å²) in [6, 6.07) is 74.1. The summed E-state index contributed by atoms with van der Waals surface area (Å²) in [5, 5.41) is 7.58. The van der Waals surface area contributed by atoms with Crippen LogP contribution in [-0.2, 0) is 0 Å². The van der Waals surface area contributed by atoms with Crippen molar-refractivity contribution in [3.63, 3.8) is 0 Å². The number of rotatable bonds is 6. The molecule has 0 amide bonds. The molecular formula is C54H34N2S. The summed E-state index contributed by atoms with van der Waals surface area (Å²) < 4.78 is 2.58. The first kappa shape index (κ1) is 33.2. The lowest BCUT2D eigenvalue weighted by atomic mass is 9.89. The van der Waals surface area contributed by atoms with Crippen LogP contribution in [0.2, 0.25) is 0 Å². The number of nitrogens with zero attached hydrogens (tertiary/aromatic N) is 2. The molecule has 2 heterocycles. The van der Waals surface area contributed by atoms with E-state index >= 15 is 0 Å². The summed E-state index contributed by atoms with van der Waals surface area (Å²) in [7, 11) is 0. The molecule has 11 aromatic rings. The van der Waals surface area contributed by atoms with Gasteiger partial charge in [0.1, 0.15) is 0 Å². The Hall–Kier alpha value is -7.20. The van der Waals surface area contributed by atoms with Gasteiger partial charge in [-0.1, -0.05) is 170 Å². The molecule has 0 aliphatic rings. The normalized spacial score (nSPS) is 11.5.